The van der Waals surface area contributed by atoms with Crippen molar-refractivity contribution in [3.05, 3.63) is 69.6 Å². The number of hydrogen-bond acceptors (Lipinski definition) is 5. The zero-order valence-electron chi connectivity index (χ0n) is 20.3. The van der Waals surface area contributed by atoms with Crippen LogP contribution < -0.4 is 4.74 Å². The number of likely N-dealkylation sites (tertiary alicyclic amines) is 1. The van der Waals surface area contributed by atoms with Gasteiger partial charge >= 0.3 is 5.97 Å². The number of aromatic nitrogens is 1. The average molecular weight is 545 g/mol. The standard InChI is InChI=1S/C28H27Cl2FN2O4/c1-37-19-5-7-24-20(16-19)26(22(30)17-32-24)25(34)8-9-28(27(35)36)10-13-33(14-11-28)12-2-3-18-4-6-21(29)23(31)15-18/h4-7,15-17,25,34H,8-14H2,1H3,(H,35,36)/t25-/m1/s1. The summed E-state index contributed by atoms with van der Waals surface area (Å²) in [5.74, 6) is 5.18. The number of aliphatic hydroxyl groups is 1. The molecule has 4 rings (SSSR count). The minimum absolute atomic E-state index is 0.0517. The monoisotopic (exact) mass is 544 g/mol. The molecule has 0 unspecified atom stereocenters. The van der Waals surface area contributed by atoms with E-state index in [9.17, 15) is 19.4 Å². The maximum atomic E-state index is 13.6. The van der Waals surface area contributed by atoms with Crippen LogP contribution in [0.2, 0.25) is 10.0 Å². The number of aliphatic hydroxyl groups excluding tert-OH is 1. The van der Waals surface area contributed by atoms with Crippen LogP contribution in [0.5, 0.6) is 5.75 Å². The Morgan fingerprint density at radius 3 is 2.65 bits per heavy atom. The number of fused-ring (bicyclic) bond motifs is 1. The van der Waals surface area contributed by atoms with Crippen molar-refractivity contribution in [3.63, 3.8) is 0 Å². The van der Waals surface area contributed by atoms with Crippen molar-refractivity contribution in [2.75, 3.05) is 26.7 Å². The molecule has 1 aliphatic rings. The molecule has 0 aliphatic carbocycles. The number of benzene rings is 2. The fourth-order valence-electron chi connectivity index (χ4n) is 4.73. The molecule has 0 saturated carbocycles. The highest BCUT2D eigenvalue weighted by atomic mass is 35.5. The molecule has 0 bridgehead atoms. The van der Waals surface area contributed by atoms with Crippen LogP contribution in [-0.2, 0) is 4.79 Å². The highest BCUT2D eigenvalue weighted by Gasteiger charge is 2.41. The van der Waals surface area contributed by atoms with Gasteiger partial charge in [-0.3, -0.25) is 14.7 Å². The Labute approximate surface area is 225 Å². The van der Waals surface area contributed by atoms with E-state index in [1.165, 1.54) is 18.3 Å². The van der Waals surface area contributed by atoms with Crippen molar-refractivity contribution in [2.24, 2.45) is 5.41 Å². The number of carboxylic acids is 1. The minimum Gasteiger partial charge on any atom is -0.497 e. The molecular weight excluding hydrogens is 518 g/mol. The molecule has 1 saturated heterocycles. The molecule has 37 heavy (non-hydrogen) atoms. The topological polar surface area (TPSA) is 82.9 Å². The number of rotatable bonds is 7. The Morgan fingerprint density at radius 1 is 1.22 bits per heavy atom. The van der Waals surface area contributed by atoms with Crippen LogP contribution in [0.1, 0.15) is 42.9 Å². The zero-order chi connectivity index (χ0) is 26.6. The van der Waals surface area contributed by atoms with Gasteiger partial charge in [-0.25, -0.2) is 4.39 Å². The smallest absolute Gasteiger partial charge is 0.309 e. The number of carbonyl (C=O) groups is 1. The second-order valence-electron chi connectivity index (χ2n) is 9.25. The lowest BCUT2D eigenvalue weighted by Gasteiger charge is -2.38. The van der Waals surface area contributed by atoms with Crippen LogP contribution in [0.4, 0.5) is 4.39 Å². The van der Waals surface area contributed by atoms with Gasteiger partial charge in [0.1, 0.15) is 11.6 Å². The number of piperidine rings is 1. The number of carboxylic acid groups (broad SMARTS) is 1. The Hall–Kier alpha value is -2.89. The van der Waals surface area contributed by atoms with Gasteiger partial charge in [-0.2, -0.15) is 0 Å². The van der Waals surface area contributed by atoms with Crippen LogP contribution in [-0.4, -0.2) is 52.8 Å². The zero-order valence-corrected chi connectivity index (χ0v) is 21.8. The van der Waals surface area contributed by atoms with Crippen molar-refractivity contribution in [1.29, 1.82) is 0 Å². The Morgan fingerprint density at radius 2 is 1.97 bits per heavy atom. The number of halogens is 3. The maximum absolute atomic E-state index is 13.6. The van der Waals surface area contributed by atoms with Gasteiger partial charge in [-0.05, 0) is 62.1 Å². The highest BCUT2D eigenvalue weighted by molar-refractivity contribution is 6.32. The van der Waals surface area contributed by atoms with Gasteiger partial charge in [0.15, 0.2) is 0 Å². The van der Waals surface area contributed by atoms with Crippen LogP contribution in [0.15, 0.2) is 42.6 Å². The van der Waals surface area contributed by atoms with Crippen molar-refractivity contribution < 1.29 is 24.1 Å². The Balaban J connectivity index is 1.41. The quantitative estimate of drug-likeness (QED) is 0.370. The van der Waals surface area contributed by atoms with E-state index in [1.807, 2.05) is 0 Å². The number of pyridine rings is 1. The van der Waals surface area contributed by atoms with Crippen molar-refractivity contribution in [3.8, 4) is 17.6 Å². The molecule has 1 fully saturated rings. The van der Waals surface area contributed by atoms with E-state index in [0.29, 0.717) is 71.7 Å². The van der Waals surface area contributed by atoms with Gasteiger partial charge in [0.25, 0.3) is 0 Å². The van der Waals surface area contributed by atoms with Gasteiger partial charge in [0.2, 0.25) is 0 Å². The van der Waals surface area contributed by atoms with Gasteiger partial charge in [-0.15, -0.1) is 0 Å². The third-order valence-corrected chi connectivity index (χ3v) is 7.63. The second-order valence-corrected chi connectivity index (χ2v) is 10.1. The van der Waals surface area contributed by atoms with E-state index in [4.69, 9.17) is 27.9 Å². The van der Waals surface area contributed by atoms with Crippen LogP contribution in [0.3, 0.4) is 0 Å². The molecule has 0 spiro atoms. The van der Waals surface area contributed by atoms with Crippen molar-refractivity contribution in [2.45, 2.75) is 31.8 Å². The normalized spacial score (nSPS) is 16.1. The molecule has 194 valence electrons. The van der Waals surface area contributed by atoms with E-state index in [1.54, 1.807) is 31.4 Å². The first kappa shape index (κ1) is 27.2. The van der Waals surface area contributed by atoms with E-state index < -0.39 is 23.3 Å². The fourth-order valence-corrected chi connectivity index (χ4v) is 5.12. The largest absolute Gasteiger partial charge is 0.497 e. The summed E-state index contributed by atoms with van der Waals surface area (Å²) in [6, 6.07) is 9.77. The van der Waals surface area contributed by atoms with E-state index in [-0.39, 0.29) is 11.4 Å². The predicted molar refractivity (Wildman–Crippen MR) is 142 cm³/mol. The summed E-state index contributed by atoms with van der Waals surface area (Å²) < 4.78 is 18.9. The molecule has 6 nitrogen and oxygen atoms in total. The van der Waals surface area contributed by atoms with Gasteiger partial charge in [-0.1, -0.05) is 35.0 Å². The molecule has 3 aromatic rings. The predicted octanol–water partition coefficient (Wildman–Crippen LogP) is 5.72. The van der Waals surface area contributed by atoms with Gasteiger partial charge < -0.3 is 14.9 Å². The first-order valence-electron chi connectivity index (χ1n) is 11.9. The molecule has 2 N–H and O–H groups in total. The lowest BCUT2D eigenvalue weighted by Crippen LogP contribution is -2.44. The fraction of sp³-hybridized carbons (Fsp3) is 0.357. The second kappa shape index (κ2) is 11.7. The molecule has 1 atom stereocenters. The molecule has 1 aliphatic heterocycles. The number of aliphatic carboxylic acids is 1. The Bertz CT molecular complexity index is 1360. The summed E-state index contributed by atoms with van der Waals surface area (Å²) in [5, 5.41) is 22.2. The van der Waals surface area contributed by atoms with E-state index in [0.717, 1.165) is 0 Å². The molecule has 2 aromatic carbocycles. The molecule has 0 radical (unpaired) electrons. The van der Waals surface area contributed by atoms with Crippen molar-refractivity contribution in [1.82, 2.24) is 9.88 Å². The minimum atomic E-state index is -0.954. The number of methoxy groups -OCH3 is 1. The van der Waals surface area contributed by atoms with Gasteiger partial charge in [0.05, 0.1) is 40.7 Å². The maximum Gasteiger partial charge on any atom is 0.309 e. The van der Waals surface area contributed by atoms with Crippen LogP contribution >= 0.6 is 23.2 Å². The third-order valence-electron chi connectivity index (χ3n) is 7.02. The van der Waals surface area contributed by atoms with Gasteiger partial charge in [0, 0.05) is 35.8 Å². The number of nitrogens with zero attached hydrogens (tertiary/aromatic N) is 2. The van der Waals surface area contributed by atoms with Crippen molar-refractivity contribution >= 4 is 40.1 Å². The molecule has 1 aromatic heterocycles. The summed E-state index contributed by atoms with van der Waals surface area (Å²) in [6.45, 7) is 1.56. The highest BCUT2D eigenvalue weighted by Crippen LogP contribution is 2.41. The number of ether oxygens (including phenoxy) is 1. The van der Waals surface area contributed by atoms with E-state index in [2.05, 4.69) is 21.7 Å². The lowest BCUT2D eigenvalue weighted by molar-refractivity contribution is -0.153. The molecule has 9 heteroatoms. The summed E-state index contributed by atoms with van der Waals surface area (Å²) in [6.07, 6.45) is 1.96. The first-order valence-corrected chi connectivity index (χ1v) is 12.7. The summed E-state index contributed by atoms with van der Waals surface area (Å²) >= 11 is 12.1. The Kier molecular flexibility index (Phi) is 8.56. The average Bonchev–Trinajstić information content (AvgIpc) is 2.89. The first-order chi connectivity index (χ1) is 17.7. The lowest BCUT2D eigenvalue weighted by atomic mass is 9.74. The number of hydrogen-bond donors (Lipinski definition) is 2. The van der Waals surface area contributed by atoms with E-state index >= 15 is 0 Å². The molecule has 0 amide bonds. The summed E-state index contributed by atoms with van der Waals surface area (Å²) in [4.78, 5) is 18.7. The van der Waals surface area contributed by atoms with Crippen LogP contribution in [0, 0.1) is 23.1 Å². The SMILES string of the molecule is COc1ccc2ncc(Cl)c([C@H](O)CCC3(C(=O)O)CCN(CC#Cc4ccc(Cl)c(F)c4)CC3)c2c1. The third kappa shape index (κ3) is 6.16. The molecular formula is C28H27Cl2FN2O4. The molecule has 2 heterocycles. The summed E-state index contributed by atoms with van der Waals surface area (Å²) in [5.41, 5.74) is 0.783. The summed E-state index contributed by atoms with van der Waals surface area (Å²) in [7, 11) is 1.56. The van der Waals surface area contributed by atoms with Crippen LogP contribution in [0.25, 0.3) is 10.9 Å².